The molecule has 1 aromatic rings. The summed E-state index contributed by atoms with van der Waals surface area (Å²) in [5.41, 5.74) is 0.645. The number of hydrogen-bond acceptors (Lipinski definition) is 3. The maximum absolute atomic E-state index is 5.48. The minimum atomic E-state index is -0.387. The van der Waals surface area contributed by atoms with Gasteiger partial charge in [0, 0.05) is 4.86 Å². The first kappa shape index (κ1) is 13.3. The summed E-state index contributed by atoms with van der Waals surface area (Å²) in [4.78, 5) is 0.826. The van der Waals surface area contributed by atoms with E-state index >= 15 is 0 Å². The van der Waals surface area contributed by atoms with Crippen molar-refractivity contribution in [3.63, 3.8) is 0 Å². The van der Waals surface area contributed by atoms with Crippen LogP contribution in [0.2, 0.25) is 0 Å². The van der Waals surface area contributed by atoms with Crippen LogP contribution in [-0.4, -0.2) is 16.5 Å². The first-order valence-electron chi connectivity index (χ1n) is 5.27. The minimum absolute atomic E-state index is 0.387. The number of rotatable bonds is 4. The Labute approximate surface area is 108 Å². The quantitative estimate of drug-likeness (QED) is 0.596. The Morgan fingerprint density at radius 2 is 1.75 bits per heavy atom. The normalized spacial score (nSPS) is 10.9. The maximum Gasteiger partial charge on any atom is 0.170 e. The van der Waals surface area contributed by atoms with Crippen molar-refractivity contribution >= 4 is 34.4 Å². The molecule has 0 saturated heterocycles. The van der Waals surface area contributed by atoms with Crippen molar-refractivity contribution < 1.29 is 4.74 Å². The van der Waals surface area contributed by atoms with E-state index in [0.29, 0.717) is 11.7 Å². The molecule has 0 radical (unpaired) electrons. The minimum Gasteiger partial charge on any atom is -0.486 e. The number of benzene rings is 1. The lowest BCUT2D eigenvalue weighted by molar-refractivity contribution is 0.307. The van der Waals surface area contributed by atoms with Crippen LogP contribution in [0.1, 0.15) is 26.3 Å². The summed E-state index contributed by atoms with van der Waals surface area (Å²) in [6, 6.07) is 9.92. The van der Waals surface area contributed by atoms with E-state index in [1.165, 1.54) is 0 Å². The summed E-state index contributed by atoms with van der Waals surface area (Å²) in [5.74, 6) is 0. The summed E-state index contributed by atoms with van der Waals surface area (Å²) in [6.07, 6.45) is 0. The number of hydrogen-bond donors (Lipinski definition) is 0. The highest BCUT2D eigenvalue weighted by molar-refractivity contribution is 7.82. The van der Waals surface area contributed by atoms with Crippen LogP contribution >= 0.6 is 24.4 Å². The first-order chi connectivity index (χ1) is 7.50. The summed E-state index contributed by atoms with van der Waals surface area (Å²) >= 11 is 10.7. The second-order valence-electron chi connectivity index (χ2n) is 4.04. The SMILES string of the molecule is CCOC(=S)C(C)(C)C(=S)c1ccccc1. The van der Waals surface area contributed by atoms with Crippen LogP contribution in [0.25, 0.3) is 0 Å². The average Bonchev–Trinajstić information content (AvgIpc) is 2.29. The Bertz CT molecular complexity index is 382. The van der Waals surface area contributed by atoms with Gasteiger partial charge in [0.05, 0.1) is 12.0 Å². The molecule has 0 aliphatic heterocycles. The molecule has 0 N–H and O–H groups in total. The largest absolute Gasteiger partial charge is 0.486 e. The predicted molar refractivity (Wildman–Crippen MR) is 76.1 cm³/mol. The van der Waals surface area contributed by atoms with Gasteiger partial charge >= 0.3 is 0 Å². The molecule has 0 heterocycles. The molecule has 0 saturated carbocycles. The van der Waals surface area contributed by atoms with Gasteiger partial charge in [-0.05, 0) is 38.6 Å². The molecule has 0 unspecified atom stereocenters. The van der Waals surface area contributed by atoms with Crippen LogP contribution in [0, 0.1) is 5.41 Å². The van der Waals surface area contributed by atoms with Gasteiger partial charge in [-0.3, -0.25) is 0 Å². The van der Waals surface area contributed by atoms with E-state index in [1.807, 2.05) is 51.1 Å². The van der Waals surface area contributed by atoms with Crippen LogP contribution in [0.3, 0.4) is 0 Å². The number of thiocarbonyl (C=S) groups is 2. The highest BCUT2D eigenvalue weighted by Gasteiger charge is 2.30. The zero-order valence-corrected chi connectivity index (χ0v) is 11.5. The van der Waals surface area contributed by atoms with Gasteiger partial charge in [-0.25, -0.2) is 0 Å². The molecule has 0 spiro atoms. The van der Waals surface area contributed by atoms with Crippen LogP contribution < -0.4 is 0 Å². The van der Waals surface area contributed by atoms with Gasteiger partial charge in [0.25, 0.3) is 0 Å². The van der Waals surface area contributed by atoms with Crippen molar-refractivity contribution in [2.24, 2.45) is 5.41 Å². The predicted octanol–water partition coefficient (Wildman–Crippen LogP) is 3.79. The standard InChI is InChI=1S/C13H16OS2/c1-4-14-12(16)13(2,3)11(15)10-8-6-5-7-9-10/h5-9H,4H2,1-3H3. The highest BCUT2D eigenvalue weighted by atomic mass is 32.1. The Hall–Kier alpha value is -0.800. The van der Waals surface area contributed by atoms with Crippen LogP contribution in [0.4, 0.5) is 0 Å². The molecule has 0 amide bonds. The third kappa shape index (κ3) is 2.86. The topological polar surface area (TPSA) is 9.23 Å². The summed E-state index contributed by atoms with van der Waals surface area (Å²) in [7, 11) is 0. The molecule has 0 aliphatic carbocycles. The highest BCUT2D eigenvalue weighted by Crippen LogP contribution is 2.26. The fourth-order valence-corrected chi connectivity index (χ4v) is 1.87. The molecule has 1 nitrogen and oxygen atoms in total. The van der Waals surface area contributed by atoms with E-state index in [1.54, 1.807) is 0 Å². The summed E-state index contributed by atoms with van der Waals surface area (Å²) < 4.78 is 5.39. The van der Waals surface area contributed by atoms with Crippen molar-refractivity contribution in [3.8, 4) is 0 Å². The lowest BCUT2D eigenvalue weighted by Gasteiger charge is -2.26. The molecule has 0 atom stereocenters. The maximum atomic E-state index is 5.48. The second-order valence-corrected chi connectivity index (χ2v) is 4.82. The van der Waals surface area contributed by atoms with Gasteiger partial charge in [0.2, 0.25) is 0 Å². The van der Waals surface area contributed by atoms with E-state index in [9.17, 15) is 0 Å². The fraction of sp³-hybridized carbons (Fsp3) is 0.385. The van der Waals surface area contributed by atoms with Gasteiger partial charge in [-0.1, -0.05) is 42.5 Å². The van der Waals surface area contributed by atoms with Gasteiger partial charge < -0.3 is 4.74 Å². The van der Waals surface area contributed by atoms with Crippen molar-refractivity contribution in [2.45, 2.75) is 20.8 Å². The van der Waals surface area contributed by atoms with Crippen LogP contribution in [0.15, 0.2) is 30.3 Å². The third-order valence-corrected chi connectivity index (χ3v) is 3.76. The zero-order chi connectivity index (χ0) is 12.2. The Kier molecular flexibility index (Phi) is 4.56. The van der Waals surface area contributed by atoms with Gasteiger partial charge in [0.1, 0.15) is 0 Å². The Morgan fingerprint density at radius 1 is 1.19 bits per heavy atom. The number of ether oxygens (including phenoxy) is 1. The summed E-state index contributed by atoms with van der Waals surface area (Å²) in [5, 5.41) is 0.559. The van der Waals surface area contributed by atoms with Crippen molar-refractivity contribution in [1.29, 1.82) is 0 Å². The first-order valence-corrected chi connectivity index (χ1v) is 6.09. The average molecular weight is 252 g/mol. The lowest BCUT2D eigenvalue weighted by atomic mass is 9.86. The molecular formula is C13H16OS2. The van der Waals surface area contributed by atoms with E-state index in [4.69, 9.17) is 29.2 Å². The molecule has 0 fully saturated rings. The van der Waals surface area contributed by atoms with Crippen LogP contribution in [-0.2, 0) is 4.74 Å². The Balaban J connectivity index is 2.92. The van der Waals surface area contributed by atoms with Crippen molar-refractivity contribution in [2.75, 3.05) is 6.61 Å². The van der Waals surface area contributed by atoms with Crippen LogP contribution in [0.5, 0.6) is 0 Å². The van der Waals surface area contributed by atoms with E-state index < -0.39 is 0 Å². The fourth-order valence-electron chi connectivity index (χ4n) is 1.35. The molecule has 1 aromatic carbocycles. The monoisotopic (exact) mass is 252 g/mol. The van der Waals surface area contributed by atoms with E-state index in [0.717, 1.165) is 10.4 Å². The molecule has 16 heavy (non-hydrogen) atoms. The van der Waals surface area contributed by atoms with Gasteiger partial charge in [-0.2, -0.15) is 0 Å². The lowest BCUT2D eigenvalue weighted by Crippen LogP contribution is -2.33. The molecule has 1 rings (SSSR count). The van der Waals surface area contributed by atoms with E-state index in [-0.39, 0.29) is 5.41 Å². The van der Waals surface area contributed by atoms with E-state index in [2.05, 4.69) is 0 Å². The smallest absolute Gasteiger partial charge is 0.170 e. The molecule has 0 aliphatic rings. The molecule has 86 valence electrons. The third-order valence-electron chi connectivity index (χ3n) is 2.39. The van der Waals surface area contributed by atoms with Gasteiger partial charge in [0.15, 0.2) is 5.05 Å². The second kappa shape index (κ2) is 5.51. The molecule has 0 aromatic heterocycles. The van der Waals surface area contributed by atoms with Crippen molar-refractivity contribution in [1.82, 2.24) is 0 Å². The Morgan fingerprint density at radius 3 is 2.25 bits per heavy atom. The molecule has 0 bridgehead atoms. The molecule has 3 heteroatoms. The van der Waals surface area contributed by atoms with Crippen molar-refractivity contribution in [3.05, 3.63) is 35.9 Å². The molecular weight excluding hydrogens is 236 g/mol. The van der Waals surface area contributed by atoms with Gasteiger partial charge in [-0.15, -0.1) is 0 Å². The summed E-state index contributed by atoms with van der Waals surface area (Å²) in [6.45, 7) is 6.51. The zero-order valence-electron chi connectivity index (χ0n) is 9.82.